The molecule has 0 atom stereocenters. The van der Waals surface area contributed by atoms with Crippen molar-refractivity contribution in [2.45, 2.75) is 39.8 Å². The van der Waals surface area contributed by atoms with E-state index in [9.17, 15) is 4.79 Å². The molecule has 2 heterocycles. The zero-order valence-electron chi connectivity index (χ0n) is 19.2. The van der Waals surface area contributed by atoms with Crippen molar-refractivity contribution in [2.75, 3.05) is 25.5 Å². The van der Waals surface area contributed by atoms with Gasteiger partial charge in [0.1, 0.15) is 5.75 Å². The highest BCUT2D eigenvalue weighted by atomic mass is 16.5. The second kappa shape index (κ2) is 10.0. The predicted octanol–water partition coefficient (Wildman–Crippen LogP) is 4.74. The van der Waals surface area contributed by atoms with Crippen LogP contribution in [0.1, 0.15) is 31.0 Å². The van der Waals surface area contributed by atoms with Crippen LogP contribution in [-0.2, 0) is 17.9 Å². The molecule has 0 aliphatic carbocycles. The Morgan fingerprint density at radius 3 is 2.53 bits per heavy atom. The van der Waals surface area contributed by atoms with Crippen LogP contribution in [0.3, 0.4) is 0 Å². The third-order valence-electron chi connectivity index (χ3n) is 6.39. The van der Waals surface area contributed by atoms with Gasteiger partial charge in [-0.2, -0.15) is 5.10 Å². The summed E-state index contributed by atoms with van der Waals surface area (Å²) in [4.78, 5) is 15.3. The fraction of sp³-hybridized carbons (Fsp3) is 0.385. The van der Waals surface area contributed by atoms with Crippen LogP contribution in [0.25, 0.3) is 11.1 Å². The van der Waals surface area contributed by atoms with E-state index >= 15 is 0 Å². The number of ether oxygens (including phenoxy) is 1. The third kappa shape index (κ3) is 5.02. The van der Waals surface area contributed by atoms with E-state index < -0.39 is 0 Å². The predicted molar refractivity (Wildman–Crippen MR) is 128 cm³/mol. The Morgan fingerprint density at radius 2 is 1.84 bits per heavy atom. The number of amides is 1. The van der Waals surface area contributed by atoms with Crippen molar-refractivity contribution < 1.29 is 9.53 Å². The Hall–Kier alpha value is -3.12. The zero-order chi connectivity index (χ0) is 22.5. The average molecular weight is 433 g/mol. The van der Waals surface area contributed by atoms with Crippen molar-refractivity contribution in [3.63, 3.8) is 0 Å². The number of aryl methyl sites for hydroxylation is 1. The molecule has 0 radical (unpaired) electrons. The van der Waals surface area contributed by atoms with Crippen LogP contribution in [0.5, 0.6) is 5.75 Å². The molecule has 1 aliphatic rings. The van der Waals surface area contributed by atoms with Gasteiger partial charge in [-0.25, -0.2) is 0 Å². The molecule has 0 unspecified atom stereocenters. The van der Waals surface area contributed by atoms with Gasteiger partial charge in [0, 0.05) is 36.0 Å². The fourth-order valence-corrected chi connectivity index (χ4v) is 4.38. The lowest BCUT2D eigenvalue weighted by Crippen LogP contribution is -2.37. The summed E-state index contributed by atoms with van der Waals surface area (Å²) in [5.74, 6) is 0.981. The minimum Gasteiger partial charge on any atom is -0.497 e. The molecule has 1 fully saturated rings. The molecule has 1 saturated heterocycles. The molecule has 168 valence electrons. The van der Waals surface area contributed by atoms with Crippen molar-refractivity contribution in [1.82, 2.24) is 14.7 Å². The van der Waals surface area contributed by atoms with Crippen LogP contribution in [0, 0.1) is 12.8 Å². The molecule has 0 spiro atoms. The zero-order valence-corrected chi connectivity index (χ0v) is 19.2. The molecule has 1 aromatic heterocycles. The van der Waals surface area contributed by atoms with Gasteiger partial charge in [0.2, 0.25) is 5.91 Å². The van der Waals surface area contributed by atoms with Gasteiger partial charge >= 0.3 is 0 Å². The van der Waals surface area contributed by atoms with E-state index in [4.69, 9.17) is 4.74 Å². The molecule has 1 amide bonds. The summed E-state index contributed by atoms with van der Waals surface area (Å²) in [6, 6.07) is 16.0. The molecule has 4 rings (SSSR count). The molecule has 0 saturated carbocycles. The average Bonchev–Trinajstić information content (AvgIpc) is 3.18. The molecular formula is C26H32N4O2. The van der Waals surface area contributed by atoms with Crippen molar-refractivity contribution in [1.29, 1.82) is 0 Å². The van der Waals surface area contributed by atoms with Crippen LogP contribution < -0.4 is 10.1 Å². The first kappa shape index (κ1) is 22.1. The molecule has 3 aromatic rings. The number of methoxy groups -OCH3 is 1. The third-order valence-corrected chi connectivity index (χ3v) is 6.39. The van der Waals surface area contributed by atoms with E-state index in [0.717, 1.165) is 61.6 Å². The van der Waals surface area contributed by atoms with Gasteiger partial charge < -0.3 is 10.1 Å². The summed E-state index contributed by atoms with van der Waals surface area (Å²) >= 11 is 0. The number of nitrogens with zero attached hydrogens (tertiary/aromatic N) is 3. The molecule has 32 heavy (non-hydrogen) atoms. The maximum Gasteiger partial charge on any atom is 0.227 e. The highest BCUT2D eigenvalue weighted by molar-refractivity contribution is 5.93. The standard InChI is InChI=1S/C26H32N4O2/c1-4-30-19(2)23(17-27-30)18-29-13-11-20(12-14-29)26(31)28-24-9-5-7-21(15-24)22-8-6-10-25(16-22)32-3/h5-10,15-17,20H,4,11-14,18H2,1-3H3,(H,28,31). The Kier molecular flexibility index (Phi) is 6.90. The van der Waals surface area contributed by atoms with Gasteiger partial charge in [0.25, 0.3) is 0 Å². The smallest absolute Gasteiger partial charge is 0.227 e. The summed E-state index contributed by atoms with van der Waals surface area (Å²) in [6.45, 7) is 7.90. The van der Waals surface area contributed by atoms with E-state index in [1.54, 1.807) is 7.11 Å². The SMILES string of the molecule is CCn1ncc(CN2CCC(C(=O)Nc3cccc(-c4cccc(OC)c4)c3)CC2)c1C. The van der Waals surface area contributed by atoms with Crippen LogP contribution in [0.2, 0.25) is 0 Å². The minimum absolute atomic E-state index is 0.0474. The molecule has 6 nitrogen and oxygen atoms in total. The van der Waals surface area contributed by atoms with Crippen molar-refractivity contribution >= 4 is 11.6 Å². The van der Waals surface area contributed by atoms with Gasteiger partial charge in [0.15, 0.2) is 0 Å². The summed E-state index contributed by atoms with van der Waals surface area (Å²) in [6.07, 6.45) is 3.73. The van der Waals surface area contributed by atoms with Crippen LogP contribution in [0.4, 0.5) is 5.69 Å². The lowest BCUT2D eigenvalue weighted by atomic mass is 9.95. The molecule has 1 N–H and O–H groups in total. The van der Waals surface area contributed by atoms with E-state index in [0.29, 0.717) is 0 Å². The molecule has 1 aliphatic heterocycles. The molecule has 6 heteroatoms. The second-order valence-corrected chi connectivity index (χ2v) is 8.42. The highest BCUT2D eigenvalue weighted by Crippen LogP contribution is 2.27. The number of piperidine rings is 1. The Morgan fingerprint density at radius 1 is 1.12 bits per heavy atom. The number of likely N-dealkylation sites (tertiary alicyclic amines) is 1. The summed E-state index contributed by atoms with van der Waals surface area (Å²) in [7, 11) is 1.67. The van der Waals surface area contributed by atoms with Crippen molar-refractivity contribution in [3.8, 4) is 16.9 Å². The first-order valence-corrected chi connectivity index (χ1v) is 11.4. The number of benzene rings is 2. The first-order chi connectivity index (χ1) is 15.6. The highest BCUT2D eigenvalue weighted by Gasteiger charge is 2.25. The van der Waals surface area contributed by atoms with E-state index in [1.807, 2.05) is 59.4 Å². The van der Waals surface area contributed by atoms with Crippen molar-refractivity contribution in [2.24, 2.45) is 5.92 Å². The lowest BCUT2D eigenvalue weighted by molar-refractivity contribution is -0.121. The quantitative estimate of drug-likeness (QED) is 0.586. The van der Waals surface area contributed by atoms with E-state index in [-0.39, 0.29) is 11.8 Å². The van der Waals surface area contributed by atoms with Gasteiger partial charge in [-0.1, -0.05) is 24.3 Å². The Bertz CT molecular complexity index is 1070. The molecular weight excluding hydrogens is 400 g/mol. The number of rotatable bonds is 7. The number of aromatic nitrogens is 2. The van der Waals surface area contributed by atoms with Crippen LogP contribution >= 0.6 is 0 Å². The van der Waals surface area contributed by atoms with Gasteiger partial charge in [-0.05, 0) is 75.2 Å². The number of anilines is 1. The molecule has 2 aromatic carbocycles. The largest absolute Gasteiger partial charge is 0.497 e. The Balaban J connectivity index is 1.33. The number of nitrogens with one attached hydrogen (secondary N) is 1. The maximum absolute atomic E-state index is 12.9. The van der Waals surface area contributed by atoms with Gasteiger partial charge in [-0.15, -0.1) is 0 Å². The topological polar surface area (TPSA) is 59.4 Å². The summed E-state index contributed by atoms with van der Waals surface area (Å²) in [5.41, 5.74) is 5.47. The van der Waals surface area contributed by atoms with Gasteiger partial charge in [-0.3, -0.25) is 14.4 Å². The normalized spacial score (nSPS) is 15.0. The first-order valence-electron chi connectivity index (χ1n) is 11.4. The van der Waals surface area contributed by atoms with Gasteiger partial charge in [0.05, 0.1) is 13.3 Å². The minimum atomic E-state index is 0.0474. The monoisotopic (exact) mass is 432 g/mol. The number of hydrogen-bond donors (Lipinski definition) is 1. The fourth-order valence-electron chi connectivity index (χ4n) is 4.38. The second-order valence-electron chi connectivity index (χ2n) is 8.42. The number of hydrogen-bond acceptors (Lipinski definition) is 4. The number of carbonyl (C=O) groups excluding carboxylic acids is 1. The number of carbonyl (C=O) groups is 1. The maximum atomic E-state index is 12.9. The Labute approximate surface area is 190 Å². The van der Waals surface area contributed by atoms with Crippen molar-refractivity contribution in [3.05, 3.63) is 66.0 Å². The van der Waals surface area contributed by atoms with E-state index in [2.05, 4.69) is 29.2 Å². The van der Waals surface area contributed by atoms with Crippen LogP contribution in [0.15, 0.2) is 54.7 Å². The summed E-state index contributed by atoms with van der Waals surface area (Å²) in [5, 5.41) is 7.58. The van der Waals surface area contributed by atoms with E-state index in [1.165, 1.54) is 11.3 Å². The molecule has 0 bridgehead atoms. The summed E-state index contributed by atoms with van der Waals surface area (Å²) < 4.78 is 7.37. The lowest BCUT2D eigenvalue weighted by Gasteiger charge is -2.31. The van der Waals surface area contributed by atoms with Crippen LogP contribution in [-0.4, -0.2) is 40.8 Å².